The number of carbonyl (C=O) groups excluding carboxylic acids is 1. The minimum atomic E-state index is -0.255. The Bertz CT molecular complexity index is 761. The van der Waals surface area contributed by atoms with Gasteiger partial charge in [-0.2, -0.15) is 0 Å². The van der Waals surface area contributed by atoms with Gasteiger partial charge >= 0.3 is 0 Å². The van der Waals surface area contributed by atoms with E-state index in [0.29, 0.717) is 11.8 Å². The van der Waals surface area contributed by atoms with E-state index in [1.807, 2.05) is 51.2 Å². The van der Waals surface area contributed by atoms with Gasteiger partial charge in [0.15, 0.2) is 6.61 Å². The number of likely N-dealkylation sites (tertiary alicyclic amines) is 1. The van der Waals surface area contributed by atoms with Crippen molar-refractivity contribution < 1.29 is 9.53 Å². The van der Waals surface area contributed by atoms with Crippen molar-refractivity contribution in [2.24, 2.45) is 0 Å². The van der Waals surface area contributed by atoms with E-state index in [9.17, 15) is 4.79 Å². The number of carbonyl (C=O) groups is 1. The molecule has 6 heteroatoms. The van der Waals surface area contributed by atoms with Crippen LogP contribution in [-0.2, 0) is 4.79 Å². The molecule has 0 radical (unpaired) electrons. The molecule has 1 amide bonds. The molecule has 0 aliphatic carbocycles. The van der Waals surface area contributed by atoms with Gasteiger partial charge in [0, 0.05) is 36.1 Å². The van der Waals surface area contributed by atoms with E-state index < -0.39 is 0 Å². The summed E-state index contributed by atoms with van der Waals surface area (Å²) in [4.78, 5) is 18.8. The highest BCUT2D eigenvalue weighted by molar-refractivity contribution is 5.78. The van der Waals surface area contributed by atoms with Crippen LogP contribution < -0.4 is 10.1 Å². The smallest absolute Gasteiger partial charge is 0.258 e. The summed E-state index contributed by atoms with van der Waals surface area (Å²) in [6.07, 6.45) is 6.32. The molecular weight excluding hydrogens is 340 g/mol. The third-order valence-electron chi connectivity index (χ3n) is 4.66. The van der Waals surface area contributed by atoms with Gasteiger partial charge in [-0.15, -0.1) is 0 Å². The number of nitrogens with zero attached hydrogens (tertiary/aromatic N) is 3. The van der Waals surface area contributed by atoms with Gasteiger partial charge in [0.05, 0.1) is 0 Å². The van der Waals surface area contributed by atoms with Gasteiger partial charge in [-0.25, -0.2) is 4.98 Å². The largest absolute Gasteiger partial charge is 0.484 e. The molecule has 2 heterocycles. The second-order valence-electron chi connectivity index (χ2n) is 8.33. The molecule has 0 saturated carbocycles. The molecule has 1 aromatic heterocycles. The van der Waals surface area contributed by atoms with E-state index in [1.54, 1.807) is 0 Å². The predicted molar refractivity (Wildman–Crippen MR) is 107 cm³/mol. The molecule has 1 fully saturated rings. The standard InChI is InChI=1S/C21H30N4O2/c1-21(2,3)23-19(26)15-27-18-9-7-16(8-10-18)20-22-11-13-25(20)17-6-5-12-24(4)14-17/h7-11,13,17H,5-6,12,14-15H2,1-4H3,(H,23,26). The van der Waals surface area contributed by atoms with Crippen LogP contribution in [0.5, 0.6) is 5.75 Å². The molecule has 0 spiro atoms. The zero-order valence-electron chi connectivity index (χ0n) is 16.7. The fourth-order valence-electron chi connectivity index (χ4n) is 3.50. The number of benzene rings is 1. The molecule has 1 N–H and O–H groups in total. The molecular formula is C21H30N4O2. The topological polar surface area (TPSA) is 59.4 Å². The number of hydrogen-bond acceptors (Lipinski definition) is 4. The van der Waals surface area contributed by atoms with E-state index in [-0.39, 0.29) is 18.1 Å². The maximum atomic E-state index is 11.9. The quantitative estimate of drug-likeness (QED) is 0.879. The number of nitrogens with one attached hydrogen (secondary N) is 1. The molecule has 146 valence electrons. The van der Waals surface area contributed by atoms with Gasteiger partial charge in [-0.1, -0.05) is 0 Å². The molecule has 1 aromatic carbocycles. The third-order valence-corrected chi connectivity index (χ3v) is 4.66. The zero-order chi connectivity index (χ0) is 19.4. The maximum Gasteiger partial charge on any atom is 0.258 e. The Morgan fingerprint density at radius 2 is 2.04 bits per heavy atom. The minimum absolute atomic E-state index is 0.0135. The Labute approximate surface area is 161 Å². The molecule has 3 rings (SSSR count). The number of amides is 1. The number of hydrogen-bond donors (Lipinski definition) is 1. The number of piperidine rings is 1. The monoisotopic (exact) mass is 370 g/mol. The molecule has 1 aliphatic heterocycles. The Morgan fingerprint density at radius 3 is 2.70 bits per heavy atom. The highest BCUT2D eigenvalue weighted by Gasteiger charge is 2.21. The summed E-state index contributed by atoms with van der Waals surface area (Å²) in [5.41, 5.74) is 0.800. The van der Waals surface area contributed by atoms with Crippen molar-refractivity contribution in [2.75, 3.05) is 26.7 Å². The molecule has 1 saturated heterocycles. The summed E-state index contributed by atoms with van der Waals surface area (Å²) in [7, 11) is 2.17. The average molecular weight is 370 g/mol. The molecule has 27 heavy (non-hydrogen) atoms. The summed E-state index contributed by atoms with van der Waals surface area (Å²) in [5.74, 6) is 1.54. The first kappa shape index (κ1) is 19.4. The Kier molecular flexibility index (Phi) is 5.85. The SMILES string of the molecule is CN1CCCC(n2ccnc2-c2ccc(OCC(=O)NC(C)(C)C)cc2)C1. The van der Waals surface area contributed by atoms with Gasteiger partial charge in [-0.05, 0) is 71.5 Å². The Hall–Kier alpha value is -2.34. The number of likely N-dealkylation sites (N-methyl/N-ethyl adjacent to an activating group) is 1. The normalized spacial score (nSPS) is 18.3. The second kappa shape index (κ2) is 8.13. The van der Waals surface area contributed by atoms with Crippen LogP contribution in [0.25, 0.3) is 11.4 Å². The molecule has 1 aliphatic rings. The lowest BCUT2D eigenvalue weighted by atomic mass is 10.1. The van der Waals surface area contributed by atoms with E-state index in [4.69, 9.17) is 4.74 Å². The van der Waals surface area contributed by atoms with Gasteiger partial charge < -0.3 is 19.5 Å². The molecule has 1 atom stereocenters. The van der Waals surface area contributed by atoms with Crippen LogP contribution in [0.4, 0.5) is 0 Å². The van der Waals surface area contributed by atoms with Crippen LogP contribution in [0, 0.1) is 0 Å². The summed E-state index contributed by atoms with van der Waals surface area (Å²) in [5, 5.41) is 2.89. The second-order valence-corrected chi connectivity index (χ2v) is 8.33. The minimum Gasteiger partial charge on any atom is -0.484 e. The molecule has 1 unspecified atom stereocenters. The van der Waals surface area contributed by atoms with Crippen LogP contribution in [0.1, 0.15) is 39.7 Å². The number of rotatable bonds is 5. The number of imidazole rings is 1. The summed E-state index contributed by atoms with van der Waals surface area (Å²) < 4.78 is 7.88. The van der Waals surface area contributed by atoms with Crippen molar-refractivity contribution in [3.8, 4) is 17.1 Å². The fourth-order valence-corrected chi connectivity index (χ4v) is 3.50. The van der Waals surface area contributed by atoms with Crippen molar-refractivity contribution >= 4 is 5.91 Å². The maximum absolute atomic E-state index is 11.9. The van der Waals surface area contributed by atoms with Gasteiger partial charge in [0.25, 0.3) is 5.91 Å². The van der Waals surface area contributed by atoms with Crippen molar-refractivity contribution in [2.45, 2.75) is 45.2 Å². The lowest BCUT2D eigenvalue weighted by Gasteiger charge is -2.31. The highest BCUT2D eigenvalue weighted by atomic mass is 16.5. The van der Waals surface area contributed by atoms with Crippen molar-refractivity contribution in [1.82, 2.24) is 19.8 Å². The van der Waals surface area contributed by atoms with Crippen LogP contribution in [-0.4, -0.2) is 52.6 Å². The van der Waals surface area contributed by atoms with E-state index in [2.05, 4.69) is 33.0 Å². The Morgan fingerprint density at radius 1 is 1.30 bits per heavy atom. The third kappa shape index (κ3) is 5.32. The average Bonchev–Trinajstić information content (AvgIpc) is 3.09. The van der Waals surface area contributed by atoms with Gasteiger partial charge in [-0.3, -0.25) is 4.79 Å². The molecule has 0 bridgehead atoms. The van der Waals surface area contributed by atoms with E-state index >= 15 is 0 Å². The van der Waals surface area contributed by atoms with Crippen molar-refractivity contribution in [3.05, 3.63) is 36.7 Å². The van der Waals surface area contributed by atoms with Crippen molar-refractivity contribution in [3.63, 3.8) is 0 Å². The van der Waals surface area contributed by atoms with Crippen LogP contribution in [0.15, 0.2) is 36.7 Å². The first-order valence-corrected chi connectivity index (χ1v) is 9.57. The summed E-state index contributed by atoms with van der Waals surface area (Å²) in [6.45, 7) is 8.08. The van der Waals surface area contributed by atoms with Crippen molar-refractivity contribution in [1.29, 1.82) is 0 Å². The van der Waals surface area contributed by atoms with Gasteiger partial charge in [0.1, 0.15) is 11.6 Å². The number of ether oxygens (including phenoxy) is 1. The Balaban J connectivity index is 1.64. The summed E-state index contributed by atoms with van der Waals surface area (Å²) >= 11 is 0. The first-order chi connectivity index (χ1) is 12.8. The zero-order valence-corrected chi connectivity index (χ0v) is 16.7. The summed E-state index contributed by atoms with van der Waals surface area (Å²) in [6, 6.07) is 8.25. The number of aromatic nitrogens is 2. The lowest BCUT2D eigenvalue weighted by Crippen LogP contribution is -2.43. The fraction of sp³-hybridized carbons (Fsp3) is 0.524. The van der Waals surface area contributed by atoms with E-state index in [1.165, 1.54) is 12.8 Å². The molecule has 6 nitrogen and oxygen atoms in total. The molecule has 2 aromatic rings. The highest BCUT2D eigenvalue weighted by Crippen LogP contribution is 2.28. The first-order valence-electron chi connectivity index (χ1n) is 9.57. The van der Waals surface area contributed by atoms with Crippen LogP contribution >= 0.6 is 0 Å². The predicted octanol–water partition coefficient (Wildman–Crippen LogP) is 3.11. The lowest BCUT2D eigenvalue weighted by molar-refractivity contribution is -0.124. The van der Waals surface area contributed by atoms with Crippen LogP contribution in [0.3, 0.4) is 0 Å². The van der Waals surface area contributed by atoms with Gasteiger partial charge in [0.2, 0.25) is 0 Å². The van der Waals surface area contributed by atoms with Crippen LogP contribution in [0.2, 0.25) is 0 Å². The van der Waals surface area contributed by atoms with E-state index in [0.717, 1.165) is 24.5 Å².